The normalized spacial score (nSPS) is 10.6. The number of carbonyl (C=O) groups is 3. The van der Waals surface area contributed by atoms with E-state index in [0.29, 0.717) is 5.56 Å². The summed E-state index contributed by atoms with van der Waals surface area (Å²) in [5, 5.41) is 10.1. The van der Waals surface area contributed by atoms with Crippen LogP contribution in [0.5, 0.6) is 23.0 Å². The standard InChI is InChI=1S/C21H15IO9/c1-9(23)28-13-6-4-12(5-7-13)19-21(30-11(3)25)18(27)16-14(26)8-15(29-10(2)24)17(22)20(16)31-19/h4-8,26H,1-3H3. The first-order valence-electron chi connectivity index (χ1n) is 8.76. The van der Waals surface area contributed by atoms with Gasteiger partial charge in [-0.15, -0.1) is 0 Å². The van der Waals surface area contributed by atoms with Gasteiger partial charge in [0.15, 0.2) is 17.1 Å². The lowest BCUT2D eigenvalue weighted by Gasteiger charge is -2.13. The van der Waals surface area contributed by atoms with Gasteiger partial charge in [-0.2, -0.15) is 0 Å². The van der Waals surface area contributed by atoms with Crippen LogP contribution in [0.3, 0.4) is 0 Å². The fraction of sp³-hybridized carbons (Fsp3) is 0.143. The first-order chi connectivity index (χ1) is 14.6. The van der Waals surface area contributed by atoms with Gasteiger partial charge in [-0.1, -0.05) is 0 Å². The number of hydrogen-bond donors (Lipinski definition) is 1. The van der Waals surface area contributed by atoms with Gasteiger partial charge in [0.05, 0.1) is 3.57 Å². The number of carbonyl (C=O) groups excluding carboxylic acids is 3. The van der Waals surface area contributed by atoms with Gasteiger partial charge in [-0.25, -0.2) is 0 Å². The number of aromatic hydroxyl groups is 1. The molecule has 0 aliphatic heterocycles. The third kappa shape index (κ3) is 4.68. The van der Waals surface area contributed by atoms with Crippen LogP contribution >= 0.6 is 22.6 Å². The van der Waals surface area contributed by atoms with Crippen LogP contribution in [-0.4, -0.2) is 23.0 Å². The summed E-state index contributed by atoms with van der Waals surface area (Å²) in [5.74, 6) is -2.67. The molecule has 1 heterocycles. The predicted octanol–water partition coefficient (Wildman–Crippen LogP) is 3.55. The van der Waals surface area contributed by atoms with Crippen molar-refractivity contribution in [2.24, 2.45) is 0 Å². The number of hydrogen-bond acceptors (Lipinski definition) is 9. The van der Waals surface area contributed by atoms with Crippen LogP contribution in [0.15, 0.2) is 39.5 Å². The van der Waals surface area contributed by atoms with E-state index in [1.807, 2.05) is 22.6 Å². The lowest BCUT2D eigenvalue weighted by Crippen LogP contribution is -2.14. The molecule has 0 aliphatic rings. The summed E-state index contributed by atoms with van der Waals surface area (Å²) < 4.78 is 21.3. The fourth-order valence-electron chi connectivity index (χ4n) is 2.77. The van der Waals surface area contributed by atoms with E-state index in [4.69, 9.17) is 18.6 Å². The molecule has 10 heteroatoms. The summed E-state index contributed by atoms with van der Waals surface area (Å²) in [4.78, 5) is 47.2. The molecule has 0 bridgehead atoms. The Morgan fingerprint density at radius 3 is 2.06 bits per heavy atom. The van der Waals surface area contributed by atoms with Gasteiger partial charge < -0.3 is 23.7 Å². The van der Waals surface area contributed by atoms with Gasteiger partial charge in [0.1, 0.15) is 16.9 Å². The van der Waals surface area contributed by atoms with Crippen molar-refractivity contribution in [2.75, 3.05) is 0 Å². The van der Waals surface area contributed by atoms with Crippen LogP contribution in [0.2, 0.25) is 0 Å². The lowest BCUT2D eigenvalue weighted by atomic mass is 10.1. The highest BCUT2D eigenvalue weighted by Gasteiger charge is 2.25. The quantitative estimate of drug-likeness (QED) is 0.301. The number of fused-ring (bicyclic) bond motifs is 1. The minimum atomic E-state index is -0.791. The maximum Gasteiger partial charge on any atom is 0.308 e. The molecule has 0 unspecified atom stereocenters. The molecule has 9 nitrogen and oxygen atoms in total. The number of esters is 3. The highest BCUT2D eigenvalue weighted by atomic mass is 127. The van der Waals surface area contributed by atoms with Crippen LogP contribution in [0.4, 0.5) is 0 Å². The third-order valence-corrected chi connectivity index (χ3v) is 4.91. The Kier molecular flexibility index (Phi) is 6.29. The Morgan fingerprint density at radius 1 is 0.935 bits per heavy atom. The summed E-state index contributed by atoms with van der Waals surface area (Å²) in [6.07, 6.45) is 0. The van der Waals surface area contributed by atoms with Crippen molar-refractivity contribution in [2.45, 2.75) is 20.8 Å². The van der Waals surface area contributed by atoms with Gasteiger partial charge in [0, 0.05) is 32.4 Å². The molecule has 1 aromatic heterocycles. The summed E-state index contributed by atoms with van der Waals surface area (Å²) in [7, 11) is 0. The highest BCUT2D eigenvalue weighted by molar-refractivity contribution is 14.1. The zero-order chi connectivity index (χ0) is 22.9. The molecular formula is C21H15IO9. The number of benzene rings is 2. The van der Waals surface area contributed by atoms with E-state index < -0.39 is 34.8 Å². The molecule has 0 radical (unpaired) electrons. The van der Waals surface area contributed by atoms with Crippen LogP contribution < -0.4 is 19.6 Å². The molecule has 1 N–H and O–H groups in total. The maximum atomic E-state index is 13.1. The minimum absolute atomic E-state index is 0.00218. The predicted molar refractivity (Wildman–Crippen MR) is 116 cm³/mol. The highest BCUT2D eigenvalue weighted by Crippen LogP contribution is 2.40. The zero-order valence-electron chi connectivity index (χ0n) is 16.5. The van der Waals surface area contributed by atoms with Gasteiger partial charge >= 0.3 is 17.9 Å². The molecule has 2 aromatic carbocycles. The fourth-order valence-corrected chi connectivity index (χ4v) is 3.42. The van der Waals surface area contributed by atoms with Gasteiger partial charge in [-0.05, 0) is 46.9 Å². The molecule has 160 valence electrons. The van der Waals surface area contributed by atoms with E-state index in [1.54, 1.807) is 0 Å². The number of ether oxygens (including phenoxy) is 3. The molecule has 0 atom stereocenters. The average molecular weight is 538 g/mol. The van der Waals surface area contributed by atoms with E-state index in [1.165, 1.54) is 38.1 Å². The molecule has 0 amide bonds. The van der Waals surface area contributed by atoms with Crippen LogP contribution in [0.25, 0.3) is 22.3 Å². The van der Waals surface area contributed by atoms with E-state index in [9.17, 15) is 24.3 Å². The largest absolute Gasteiger partial charge is 0.507 e. The number of halogens is 1. The number of phenols is 1. The summed E-state index contributed by atoms with van der Waals surface area (Å²) >= 11 is 1.81. The maximum absolute atomic E-state index is 13.1. The second-order valence-corrected chi connectivity index (χ2v) is 7.39. The van der Waals surface area contributed by atoms with Crippen LogP contribution in [0, 0.1) is 3.57 Å². The first kappa shape index (κ1) is 22.3. The number of phenolic OH excluding ortho intramolecular Hbond substituents is 1. The Bertz CT molecular complexity index is 1270. The van der Waals surface area contributed by atoms with E-state index in [2.05, 4.69) is 0 Å². The Hall–Kier alpha value is -3.41. The molecule has 3 rings (SSSR count). The molecule has 0 fully saturated rings. The van der Waals surface area contributed by atoms with Crippen LogP contribution in [-0.2, 0) is 14.4 Å². The zero-order valence-corrected chi connectivity index (χ0v) is 18.6. The number of rotatable bonds is 4. The lowest BCUT2D eigenvalue weighted by molar-refractivity contribution is -0.132. The van der Waals surface area contributed by atoms with Crippen LogP contribution in [0.1, 0.15) is 20.8 Å². The second-order valence-electron chi connectivity index (χ2n) is 6.31. The SMILES string of the molecule is CC(=O)Oc1ccc(-c2oc3c(I)c(OC(C)=O)cc(O)c3c(=O)c2OC(C)=O)cc1. The topological polar surface area (TPSA) is 129 Å². The summed E-state index contributed by atoms with van der Waals surface area (Å²) in [6, 6.07) is 7.04. The molecule has 3 aromatic rings. The van der Waals surface area contributed by atoms with E-state index >= 15 is 0 Å². The van der Waals surface area contributed by atoms with Crippen molar-refractivity contribution < 1.29 is 38.1 Å². The smallest absolute Gasteiger partial charge is 0.308 e. The molecule has 31 heavy (non-hydrogen) atoms. The van der Waals surface area contributed by atoms with Crippen molar-refractivity contribution in [1.29, 1.82) is 0 Å². The molecule has 0 aliphatic carbocycles. The van der Waals surface area contributed by atoms with Gasteiger partial charge in [0.25, 0.3) is 0 Å². The van der Waals surface area contributed by atoms with Crippen molar-refractivity contribution in [3.63, 3.8) is 0 Å². The third-order valence-electron chi connectivity index (χ3n) is 3.89. The molecular weight excluding hydrogens is 523 g/mol. The Labute approximate surface area is 188 Å². The minimum Gasteiger partial charge on any atom is -0.507 e. The Balaban J connectivity index is 2.31. The first-order valence-corrected chi connectivity index (χ1v) is 9.84. The summed E-state index contributed by atoms with van der Waals surface area (Å²) in [5.41, 5.74) is -0.517. The van der Waals surface area contributed by atoms with Crippen molar-refractivity contribution >= 4 is 51.5 Å². The van der Waals surface area contributed by atoms with E-state index in [0.717, 1.165) is 13.0 Å². The Morgan fingerprint density at radius 2 is 1.52 bits per heavy atom. The average Bonchev–Trinajstić information content (AvgIpc) is 2.66. The van der Waals surface area contributed by atoms with Crippen molar-refractivity contribution in [3.8, 4) is 34.3 Å². The van der Waals surface area contributed by atoms with Crippen molar-refractivity contribution in [3.05, 3.63) is 44.1 Å². The molecule has 0 spiro atoms. The molecule has 0 saturated carbocycles. The van der Waals surface area contributed by atoms with Gasteiger partial charge in [0.2, 0.25) is 11.2 Å². The van der Waals surface area contributed by atoms with Gasteiger partial charge in [-0.3, -0.25) is 19.2 Å². The second kappa shape index (κ2) is 8.76. The molecule has 0 saturated heterocycles. The summed E-state index contributed by atoms with van der Waals surface area (Å²) in [6.45, 7) is 3.56. The monoisotopic (exact) mass is 538 g/mol. The van der Waals surface area contributed by atoms with E-state index in [-0.39, 0.29) is 31.8 Å². The van der Waals surface area contributed by atoms with Crippen molar-refractivity contribution in [1.82, 2.24) is 0 Å².